The minimum Gasteiger partial charge on any atom is -0.310 e. The number of aromatic nitrogens is 5. The summed E-state index contributed by atoms with van der Waals surface area (Å²) in [6.45, 7) is 4.75. The van der Waals surface area contributed by atoms with Crippen LogP contribution in [0.2, 0.25) is 0 Å². The van der Waals surface area contributed by atoms with Crippen molar-refractivity contribution in [3.8, 4) is 73.2 Å². The number of para-hydroxylation sites is 2. The van der Waals surface area contributed by atoms with Gasteiger partial charge in [-0.25, -0.2) is 15.0 Å². The van der Waals surface area contributed by atoms with Crippen molar-refractivity contribution in [2.75, 3.05) is 0 Å². The average molecular weight is 998 g/mol. The lowest BCUT2D eigenvalue weighted by molar-refractivity contribution is 0.626. The SMILES string of the molecule is CC1(C)C2=C(C=CC(n3c4ccccc4c4cc(-c5ccc6c7ccccc7n(-c7cccc(-c8nc(-c9ccc(-c%10ccccc%10)cc9)nc(-c9ccc(-c%10ccccc%10)cc9)n8)c7)c6c5)ccc43)=CC2)c2ccccc21. The van der Waals surface area contributed by atoms with Crippen molar-refractivity contribution in [1.82, 2.24) is 24.1 Å². The van der Waals surface area contributed by atoms with Crippen molar-refractivity contribution in [3.05, 3.63) is 278 Å². The molecule has 2 aliphatic carbocycles. The van der Waals surface area contributed by atoms with E-state index in [0.717, 1.165) is 67.6 Å². The number of benzene rings is 10. The highest BCUT2D eigenvalue weighted by Crippen LogP contribution is 2.50. The fraction of sp³-hybridized carbons (Fsp3) is 0.0548. The molecule has 0 radical (unpaired) electrons. The number of hydrogen-bond donors (Lipinski definition) is 0. The van der Waals surface area contributed by atoms with Gasteiger partial charge in [-0.15, -0.1) is 0 Å². The third-order valence-electron chi connectivity index (χ3n) is 16.3. The van der Waals surface area contributed by atoms with Crippen LogP contribution in [0.5, 0.6) is 0 Å². The van der Waals surface area contributed by atoms with Crippen LogP contribution in [-0.2, 0) is 5.41 Å². The van der Waals surface area contributed by atoms with E-state index in [1.807, 2.05) is 12.1 Å². The van der Waals surface area contributed by atoms with Crippen LogP contribution in [0.15, 0.2) is 266 Å². The monoisotopic (exact) mass is 997 g/mol. The van der Waals surface area contributed by atoms with Crippen molar-refractivity contribution in [2.45, 2.75) is 25.7 Å². The molecule has 2 aliphatic rings. The largest absolute Gasteiger partial charge is 0.310 e. The summed E-state index contributed by atoms with van der Waals surface area (Å²) in [6.07, 6.45) is 8.02. The molecule has 0 atom stereocenters. The summed E-state index contributed by atoms with van der Waals surface area (Å²) >= 11 is 0. The molecule has 0 amide bonds. The van der Waals surface area contributed by atoms with E-state index in [1.54, 1.807) is 0 Å². The van der Waals surface area contributed by atoms with Gasteiger partial charge in [0.2, 0.25) is 0 Å². The molecule has 0 saturated heterocycles. The second-order valence-corrected chi connectivity index (χ2v) is 21.1. The second kappa shape index (κ2) is 18.1. The van der Waals surface area contributed by atoms with Crippen LogP contribution in [0.3, 0.4) is 0 Å². The maximum absolute atomic E-state index is 5.23. The van der Waals surface area contributed by atoms with Crippen LogP contribution in [0.25, 0.3) is 128 Å². The Labute approximate surface area is 453 Å². The molecular weight excluding hydrogens is 947 g/mol. The Balaban J connectivity index is 0.826. The smallest absolute Gasteiger partial charge is 0.164 e. The van der Waals surface area contributed by atoms with Gasteiger partial charge in [-0.1, -0.05) is 226 Å². The summed E-state index contributed by atoms with van der Waals surface area (Å²) in [4.78, 5) is 15.6. The summed E-state index contributed by atoms with van der Waals surface area (Å²) in [6, 6.07) is 87.0. The van der Waals surface area contributed by atoms with E-state index in [1.165, 1.54) is 66.1 Å². The Hall–Kier alpha value is -9.97. The fourth-order valence-electron chi connectivity index (χ4n) is 12.4. The molecule has 0 saturated carbocycles. The van der Waals surface area contributed by atoms with E-state index in [9.17, 15) is 0 Å². The Morgan fingerprint density at radius 3 is 1.51 bits per heavy atom. The fourth-order valence-corrected chi connectivity index (χ4v) is 12.4. The molecule has 13 aromatic rings. The molecule has 368 valence electrons. The normalized spacial score (nSPS) is 13.8. The minimum atomic E-state index is -0.0238. The quantitative estimate of drug-likeness (QED) is 0.152. The third kappa shape index (κ3) is 7.49. The first-order chi connectivity index (χ1) is 38.4. The van der Waals surface area contributed by atoms with Gasteiger partial charge in [0.15, 0.2) is 17.5 Å². The first-order valence-electron chi connectivity index (χ1n) is 26.9. The first-order valence-corrected chi connectivity index (χ1v) is 26.9. The molecule has 3 aromatic heterocycles. The van der Waals surface area contributed by atoms with Gasteiger partial charge >= 0.3 is 0 Å². The molecule has 5 nitrogen and oxygen atoms in total. The van der Waals surface area contributed by atoms with E-state index < -0.39 is 0 Å². The third-order valence-corrected chi connectivity index (χ3v) is 16.3. The minimum absolute atomic E-state index is 0.0238. The second-order valence-electron chi connectivity index (χ2n) is 21.1. The molecular formula is C73H51N5. The van der Waals surface area contributed by atoms with E-state index in [4.69, 9.17) is 15.0 Å². The van der Waals surface area contributed by atoms with Crippen molar-refractivity contribution in [3.63, 3.8) is 0 Å². The average Bonchev–Trinajstić information content (AvgIpc) is 4.13. The van der Waals surface area contributed by atoms with Crippen molar-refractivity contribution in [1.29, 1.82) is 0 Å². The van der Waals surface area contributed by atoms with Crippen LogP contribution in [0.1, 0.15) is 31.4 Å². The van der Waals surface area contributed by atoms with E-state index in [0.29, 0.717) is 17.5 Å². The van der Waals surface area contributed by atoms with Crippen molar-refractivity contribution in [2.24, 2.45) is 0 Å². The Morgan fingerprint density at radius 2 is 0.833 bits per heavy atom. The zero-order chi connectivity index (χ0) is 51.9. The molecule has 10 aromatic carbocycles. The number of rotatable bonds is 8. The van der Waals surface area contributed by atoms with Gasteiger partial charge in [0.1, 0.15) is 0 Å². The zero-order valence-corrected chi connectivity index (χ0v) is 43.3. The van der Waals surface area contributed by atoms with Gasteiger partial charge in [-0.3, -0.25) is 0 Å². The molecule has 15 rings (SSSR count). The van der Waals surface area contributed by atoms with Crippen molar-refractivity contribution >= 4 is 54.9 Å². The Bertz CT molecular complexity index is 4530. The van der Waals surface area contributed by atoms with E-state index in [2.05, 4.69) is 272 Å². The van der Waals surface area contributed by atoms with Gasteiger partial charge in [-0.05, 0) is 111 Å². The highest BCUT2D eigenvalue weighted by Gasteiger charge is 2.36. The molecule has 0 N–H and O–H groups in total. The summed E-state index contributed by atoms with van der Waals surface area (Å²) in [5.41, 5.74) is 22.1. The first kappa shape index (κ1) is 45.4. The van der Waals surface area contributed by atoms with Gasteiger partial charge in [-0.2, -0.15) is 0 Å². The van der Waals surface area contributed by atoms with Crippen LogP contribution < -0.4 is 0 Å². The summed E-state index contributed by atoms with van der Waals surface area (Å²) < 4.78 is 4.85. The number of fused-ring (bicyclic) bond motifs is 8. The summed E-state index contributed by atoms with van der Waals surface area (Å²) in [5.74, 6) is 1.84. The van der Waals surface area contributed by atoms with Crippen LogP contribution in [0, 0.1) is 0 Å². The molecule has 5 heteroatoms. The number of hydrogen-bond acceptors (Lipinski definition) is 3. The Morgan fingerprint density at radius 1 is 0.346 bits per heavy atom. The van der Waals surface area contributed by atoms with Gasteiger partial charge in [0.05, 0.1) is 22.1 Å². The van der Waals surface area contributed by atoms with E-state index in [-0.39, 0.29) is 5.41 Å². The molecule has 0 bridgehead atoms. The highest BCUT2D eigenvalue weighted by atomic mass is 15.0. The van der Waals surface area contributed by atoms with Gasteiger partial charge in [0, 0.05) is 55.0 Å². The molecule has 3 heterocycles. The van der Waals surface area contributed by atoms with Crippen LogP contribution in [-0.4, -0.2) is 24.1 Å². The van der Waals surface area contributed by atoms with Crippen molar-refractivity contribution < 1.29 is 0 Å². The lowest BCUT2D eigenvalue weighted by Gasteiger charge is -2.24. The summed E-state index contributed by atoms with van der Waals surface area (Å²) in [7, 11) is 0. The standard InChI is InChI=1S/C73H51N5/c1-73(2)64-25-12-9-22-58(64)59-41-38-56(39-42-65(59)73)77-67-27-14-11-24-61(67)63-45-53(37-43-68(63)77)54-36-40-62-60-23-10-13-26-66(60)78(69(62)46-54)57-21-15-20-55(44-57)72-75-70(51-32-28-49(29-33-51)47-16-5-3-6-17-47)74-71(76-72)52-34-30-50(31-35-52)48-18-7-4-8-19-48/h3-41,43-46H,42H2,1-2H3. The number of allylic oxidation sites excluding steroid dienone is 6. The summed E-state index contributed by atoms with van der Waals surface area (Å²) in [5, 5.41) is 4.86. The van der Waals surface area contributed by atoms with Crippen LogP contribution >= 0.6 is 0 Å². The topological polar surface area (TPSA) is 48.5 Å². The molecule has 78 heavy (non-hydrogen) atoms. The maximum atomic E-state index is 5.23. The van der Waals surface area contributed by atoms with Gasteiger partial charge in [0.25, 0.3) is 0 Å². The molecule has 0 fully saturated rings. The maximum Gasteiger partial charge on any atom is 0.164 e. The predicted molar refractivity (Wildman–Crippen MR) is 324 cm³/mol. The lowest BCUT2D eigenvalue weighted by Crippen LogP contribution is -2.16. The lowest BCUT2D eigenvalue weighted by atomic mass is 9.80. The zero-order valence-electron chi connectivity index (χ0n) is 43.3. The molecule has 0 unspecified atom stereocenters. The molecule has 0 aliphatic heterocycles. The predicted octanol–water partition coefficient (Wildman–Crippen LogP) is 18.6. The Kier molecular flexibility index (Phi) is 10.5. The number of nitrogens with zero attached hydrogens (tertiary/aromatic N) is 5. The van der Waals surface area contributed by atoms with Crippen LogP contribution in [0.4, 0.5) is 0 Å². The van der Waals surface area contributed by atoms with Gasteiger partial charge < -0.3 is 9.13 Å². The highest BCUT2D eigenvalue weighted by molar-refractivity contribution is 6.13. The molecule has 0 spiro atoms. The van der Waals surface area contributed by atoms with E-state index >= 15 is 0 Å².